The average Bonchev–Trinajstić information content (AvgIpc) is 2.47. The summed E-state index contributed by atoms with van der Waals surface area (Å²) in [6.07, 6.45) is 3.24. The van der Waals surface area contributed by atoms with E-state index in [4.69, 9.17) is 4.74 Å². The first-order valence-electron chi connectivity index (χ1n) is 3.83. The molecule has 0 aliphatic rings. The van der Waals surface area contributed by atoms with Gasteiger partial charge in [-0.3, -0.25) is 4.79 Å². The molecule has 0 atom stereocenters. The first-order valence-corrected chi connectivity index (χ1v) is 3.83. The van der Waals surface area contributed by atoms with Crippen LogP contribution in [0.1, 0.15) is 5.56 Å². The number of hydrogen-bond donors (Lipinski definition) is 1. The van der Waals surface area contributed by atoms with E-state index >= 15 is 0 Å². The van der Waals surface area contributed by atoms with E-state index in [-0.39, 0.29) is 11.3 Å². The van der Waals surface area contributed by atoms with Crippen molar-refractivity contribution in [1.29, 1.82) is 0 Å². The smallest absolute Gasteiger partial charge is 0.293 e. The summed E-state index contributed by atoms with van der Waals surface area (Å²) in [5, 5.41) is 4.03. The summed E-state index contributed by atoms with van der Waals surface area (Å²) in [5.74, 6) is 0.260. The predicted molar refractivity (Wildman–Crippen MR) is 47.1 cm³/mol. The van der Waals surface area contributed by atoms with Crippen LogP contribution in [0.2, 0.25) is 0 Å². The van der Waals surface area contributed by atoms with Crippen LogP contribution in [0, 0.1) is 6.92 Å². The molecule has 0 aliphatic heterocycles. The minimum absolute atomic E-state index is 0.237. The first kappa shape index (κ1) is 7.85. The van der Waals surface area contributed by atoms with Gasteiger partial charge in [0.25, 0.3) is 5.56 Å². The Morgan fingerprint density at radius 1 is 1.62 bits per heavy atom. The maximum atomic E-state index is 11.3. The van der Waals surface area contributed by atoms with Crippen LogP contribution in [0.3, 0.4) is 0 Å². The lowest BCUT2D eigenvalue weighted by molar-refractivity contribution is 0.405. The molecule has 13 heavy (non-hydrogen) atoms. The van der Waals surface area contributed by atoms with E-state index in [1.165, 1.54) is 7.11 Å². The van der Waals surface area contributed by atoms with Gasteiger partial charge < -0.3 is 9.72 Å². The molecular formula is C8H9N3O2. The Morgan fingerprint density at radius 3 is 3.08 bits per heavy atom. The van der Waals surface area contributed by atoms with E-state index in [0.717, 1.165) is 5.56 Å². The maximum absolute atomic E-state index is 11.3. The second kappa shape index (κ2) is 2.62. The molecule has 0 spiro atoms. The molecule has 0 saturated carbocycles. The zero-order valence-electron chi connectivity index (χ0n) is 7.37. The second-order valence-electron chi connectivity index (χ2n) is 2.77. The SMILES string of the molecule is COc1cn2ncc(C)c2[nH]c1=O. The van der Waals surface area contributed by atoms with Crippen molar-refractivity contribution in [3.05, 3.63) is 28.3 Å². The van der Waals surface area contributed by atoms with Gasteiger partial charge in [-0.05, 0) is 6.92 Å². The van der Waals surface area contributed by atoms with Crippen LogP contribution in [-0.4, -0.2) is 21.7 Å². The Kier molecular flexibility index (Phi) is 1.58. The number of H-pyrrole nitrogens is 1. The van der Waals surface area contributed by atoms with Crippen LogP contribution in [0.15, 0.2) is 17.2 Å². The monoisotopic (exact) mass is 179 g/mol. The third-order valence-electron chi connectivity index (χ3n) is 1.89. The zero-order chi connectivity index (χ0) is 9.42. The molecule has 5 heteroatoms. The topological polar surface area (TPSA) is 59.4 Å². The van der Waals surface area contributed by atoms with E-state index in [2.05, 4.69) is 10.1 Å². The van der Waals surface area contributed by atoms with Crippen LogP contribution in [-0.2, 0) is 0 Å². The highest BCUT2D eigenvalue weighted by molar-refractivity contribution is 5.45. The van der Waals surface area contributed by atoms with E-state index in [0.29, 0.717) is 5.65 Å². The largest absolute Gasteiger partial charge is 0.490 e. The fraction of sp³-hybridized carbons (Fsp3) is 0.250. The van der Waals surface area contributed by atoms with Gasteiger partial charge in [0.2, 0.25) is 5.75 Å². The van der Waals surface area contributed by atoms with Crippen LogP contribution >= 0.6 is 0 Å². The van der Waals surface area contributed by atoms with Gasteiger partial charge in [0.15, 0.2) is 0 Å². The molecule has 0 bridgehead atoms. The molecule has 2 aromatic rings. The van der Waals surface area contributed by atoms with E-state index < -0.39 is 0 Å². The molecule has 0 aromatic carbocycles. The van der Waals surface area contributed by atoms with Gasteiger partial charge in [-0.1, -0.05) is 0 Å². The van der Waals surface area contributed by atoms with Gasteiger partial charge in [-0.2, -0.15) is 5.10 Å². The minimum atomic E-state index is -0.237. The number of rotatable bonds is 1. The highest BCUT2D eigenvalue weighted by Crippen LogP contribution is 2.07. The van der Waals surface area contributed by atoms with E-state index in [9.17, 15) is 4.79 Å². The molecule has 2 aromatic heterocycles. The van der Waals surface area contributed by atoms with Crippen molar-refractivity contribution in [1.82, 2.24) is 14.6 Å². The standard InChI is InChI=1S/C8H9N3O2/c1-5-3-9-11-4-6(13-2)8(12)10-7(5)11/h3-4H,1-2H3,(H,10,12). The molecule has 0 aliphatic carbocycles. The van der Waals surface area contributed by atoms with E-state index in [1.54, 1.807) is 16.9 Å². The van der Waals surface area contributed by atoms with Crippen molar-refractivity contribution in [2.45, 2.75) is 6.92 Å². The maximum Gasteiger partial charge on any atom is 0.293 e. The molecule has 0 amide bonds. The summed E-state index contributed by atoms with van der Waals surface area (Å²) in [6.45, 7) is 1.88. The summed E-state index contributed by atoms with van der Waals surface area (Å²) in [7, 11) is 1.45. The number of methoxy groups -OCH3 is 1. The van der Waals surface area contributed by atoms with Crippen LogP contribution in [0.25, 0.3) is 5.65 Å². The minimum Gasteiger partial charge on any atom is -0.490 e. The van der Waals surface area contributed by atoms with Crippen molar-refractivity contribution in [2.75, 3.05) is 7.11 Å². The van der Waals surface area contributed by atoms with Crippen molar-refractivity contribution in [3.8, 4) is 5.75 Å². The van der Waals surface area contributed by atoms with Gasteiger partial charge in [0, 0.05) is 5.56 Å². The fourth-order valence-electron chi connectivity index (χ4n) is 1.19. The molecular weight excluding hydrogens is 170 g/mol. The van der Waals surface area contributed by atoms with Gasteiger partial charge in [-0.15, -0.1) is 0 Å². The lowest BCUT2D eigenvalue weighted by Gasteiger charge is -1.98. The second-order valence-corrected chi connectivity index (χ2v) is 2.77. The molecule has 2 heterocycles. The van der Waals surface area contributed by atoms with Gasteiger partial charge in [0.05, 0.1) is 19.5 Å². The number of aromatic amines is 1. The fourth-order valence-corrected chi connectivity index (χ4v) is 1.19. The molecule has 0 radical (unpaired) electrons. The summed E-state index contributed by atoms with van der Waals surface area (Å²) in [4.78, 5) is 14.0. The Balaban J connectivity index is 2.84. The highest BCUT2D eigenvalue weighted by atomic mass is 16.5. The van der Waals surface area contributed by atoms with Crippen molar-refractivity contribution in [2.24, 2.45) is 0 Å². The third kappa shape index (κ3) is 1.09. The van der Waals surface area contributed by atoms with Crippen molar-refractivity contribution >= 4 is 5.65 Å². The van der Waals surface area contributed by atoms with Crippen LogP contribution in [0.5, 0.6) is 5.75 Å². The van der Waals surface area contributed by atoms with Gasteiger partial charge >= 0.3 is 0 Å². The quantitative estimate of drug-likeness (QED) is 0.686. The lowest BCUT2D eigenvalue weighted by Crippen LogP contribution is -2.11. The number of aromatic nitrogens is 3. The van der Waals surface area contributed by atoms with Crippen LogP contribution in [0.4, 0.5) is 0 Å². The molecule has 2 rings (SSSR count). The van der Waals surface area contributed by atoms with Gasteiger partial charge in [-0.25, -0.2) is 4.52 Å². The number of hydrogen-bond acceptors (Lipinski definition) is 3. The molecule has 0 unspecified atom stereocenters. The lowest BCUT2D eigenvalue weighted by atomic mass is 10.4. The van der Waals surface area contributed by atoms with Gasteiger partial charge in [0.1, 0.15) is 5.65 Å². The number of ether oxygens (including phenoxy) is 1. The molecule has 0 fully saturated rings. The normalized spacial score (nSPS) is 10.6. The molecule has 0 saturated heterocycles. The molecule has 1 N–H and O–H groups in total. The Hall–Kier alpha value is -1.78. The number of aryl methyl sites for hydroxylation is 1. The zero-order valence-corrected chi connectivity index (χ0v) is 7.37. The number of nitrogens with one attached hydrogen (secondary N) is 1. The van der Waals surface area contributed by atoms with Crippen molar-refractivity contribution < 1.29 is 4.74 Å². The third-order valence-corrected chi connectivity index (χ3v) is 1.89. The number of nitrogens with zero attached hydrogens (tertiary/aromatic N) is 2. The summed E-state index contributed by atoms with van der Waals surface area (Å²) in [6, 6.07) is 0. The first-order chi connectivity index (χ1) is 6.22. The summed E-state index contributed by atoms with van der Waals surface area (Å²) < 4.78 is 6.44. The van der Waals surface area contributed by atoms with E-state index in [1.807, 2.05) is 6.92 Å². The molecule has 68 valence electrons. The average molecular weight is 179 g/mol. The summed E-state index contributed by atoms with van der Waals surface area (Å²) >= 11 is 0. The Morgan fingerprint density at radius 2 is 2.38 bits per heavy atom. The Labute approximate surface area is 74.0 Å². The summed E-state index contributed by atoms with van der Waals surface area (Å²) in [5.41, 5.74) is 1.39. The van der Waals surface area contributed by atoms with Crippen molar-refractivity contribution in [3.63, 3.8) is 0 Å². The number of fused-ring (bicyclic) bond motifs is 1. The Bertz CT molecular complexity index is 498. The molecule has 5 nitrogen and oxygen atoms in total. The van der Waals surface area contributed by atoms with Crippen LogP contribution < -0.4 is 10.3 Å². The predicted octanol–water partition coefficient (Wildman–Crippen LogP) is 0.340. The highest BCUT2D eigenvalue weighted by Gasteiger charge is 2.04.